The molecule has 1 fully saturated rings. The van der Waals surface area contributed by atoms with E-state index in [1.54, 1.807) is 18.2 Å². The lowest BCUT2D eigenvalue weighted by Crippen LogP contribution is -2.43. The van der Waals surface area contributed by atoms with Crippen molar-refractivity contribution in [3.63, 3.8) is 0 Å². The quantitative estimate of drug-likeness (QED) is 0.807. The lowest BCUT2D eigenvalue weighted by molar-refractivity contribution is -0.136. The van der Waals surface area contributed by atoms with Gasteiger partial charge in [0.2, 0.25) is 0 Å². The van der Waals surface area contributed by atoms with Crippen LogP contribution in [-0.4, -0.2) is 55.1 Å². The average molecular weight is 333 g/mol. The lowest BCUT2D eigenvalue weighted by Gasteiger charge is -2.21. The predicted octanol–water partition coefficient (Wildman–Crippen LogP) is 0.995. The second kappa shape index (κ2) is 7.09. The molecule has 2 N–H and O–H groups in total. The molecule has 1 aromatic carbocycles. The summed E-state index contributed by atoms with van der Waals surface area (Å²) in [5.74, 6) is -0.278. The van der Waals surface area contributed by atoms with Gasteiger partial charge in [-0.1, -0.05) is 6.07 Å². The van der Waals surface area contributed by atoms with Crippen LogP contribution < -0.4 is 20.1 Å². The molecule has 1 saturated heterocycles. The molecular formula is C17H23N3O4. The third-order valence-electron chi connectivity index (χ3n) is 4.31. The number of anilines is 1. The molecule has 1 atom stereocenters. The van der Waals surface area contributed by atoms with Crippen molar-refractivity contribution in [2.45, 2.75) is 32.4 Å². The fourth-order valence-electron chi connectivity index (χ4n) is 2.98. The van der Waals surface area contributed by atoms with Gasteiger partial charge < -0.3 is 20.1 Å². The number of nitrogens with zero attached hydrogens (tertiary/aromatic N) is 1. The van der Waals surface area contributed by atoms with Crippen molar-refractivity contribution in [1.82, 2.24) is 10.2 Å². The van der Waals surface area contributed by atoms with Crippen molar-refractivity contribution < 1.29 is 19.1 Å². The molecule has 3 rings (SSSR count). The van der Waals surface area contributed by atoms with Gasteiger partial charge in [0.25, 0.3) is 0 Å². The second-order valence-corrected chi connectivity index (χ2v) is 6.33. The summed E-state index contributed by atoms with van der Waals surface area (Å²) in [5.41, 5.74) is 0.447. The molecule has 0 saturated carbocycles. The van der Waals surface area contributed by atoms with Crippen LogP contribution in [0.2, 0.25) is 0 Å². The minimum atomic E-state index is -0.694. The van der Waals surface area contributed by atoms with E-state index in [1.807, 2.05) is 0 Å². The van der Waals surface area contributed by atoms with Crippen LogP contribution >= 0.6 is 0 Å². The van der Waals surface area contributed by atoms with Crippen LogP contribution in [0.1, 0.15) is 20.3 Å². The van der Waals surface area contributed by atoms with E-state index in [2.05, 4.69) is 29.4 Å². The van der Waals surface area contributed by atoms with Gasteiger partial charge in [0.1, 0.15) is 13.2 Å². The number of ether oxygens (including phenoxy) is 2. The number of para-hydroxylation sites is 1. The Morgan fingerprint density at radius 2 is 2.00 bits per heavy atom. The molecule has 24 heavy (non-hydrogen) atoms. The summed E-state index contributed by atoms with van der Waals surface area (Å²) in [5, 5.41) is 5.41. The number of likely N-dealkylation sites (tertiary alicyclic amines) is 1. The van der Waals surface area contributed by atoms with Gasteiger partial charge in [-0.3, -0.25) is 14.5 Å². The third kappa shape index (κ3) is 3.62. The first-order chi connectivity index (χ1) is 11.5. The first-order valence-electron chi connectivity index (χ1n) is 8.29. The smallest absolute Gasteiger partial charge is 0.313 e. The highest BCUT2D eigenvalue weighted by atomic mass is 16.6. The average Bonchev–Trinajstić information content (AvgIpc) is 3.04. The number of nitrogens with one attached hydrogen (secondary N) is 2. The molecule has 2 amide bonds. The zero-order valence-corrected chi connectivity index (χ0v) is 14.0. The number of carbonyl (C=O) groups excluding carboxylic acids is 2. The molecule has 1 unspecified atom stereocenters. The molecule has 1 aromatic rings. The number of rotatable bonds is 3. The summed E-state index contributed by atoms with van der Waals surface area (Å²) in [7, 11) is 0. The van der Waals surface area contributed by atoms with Crippen LogP contribution in [0.15, 0.2) is 18.2 Å². The van der Waals surface area contributed by atoms with E-state index in [4.69, 9.17) is 9.47 Å². The molecule has 7 heteroatoms. The van der Waals surface area contributed by atoms with Gasteiger partial charge in [0.05, 0.1) is 5.69 Å². The summed E-state index contributed by atoms with van der Waals surface area (Å²) in [6.07, 6.45) is 0.856. The Labute approximate surface area is 141 Å². The Balaban J connectivity index is 1.58. The molecule has 2 aliphatic rings. The molecular weight excluding hydrogens is 310 g/mol. The van der Waals surface area contributed by atoms with E-state index >= 15 is 0 Å². The molecule has 0 aliphatic carbocycles. The van der Waals surface area contributed by atoms with Crippen LogP contribution in [0.3, 0.4) is 0 Å². The van der Waals surface area contributed by atoms with E-state index in [9.17, 15) is 9.59 Å². The first kappa shape index (κ1) is 16.6. The van der Waals surface area contributed by atoms with E-state index in [1.165, 1.54) is 0 Å². The standard InChI is InChI=1S/C17H23N3O4/c1-11(2)20-7-6-12(10-20)18-16(21)17(22)19-13-4-3-5-14-15(13)24-9-8-23-14/h3-5,11-12H,6-10H2,1-2H3,(H,18,21)(H,19,22). The molecule has 7 nitrogen and oxygen atoms in total. The van der Waals surface area contributed by atoms with E-state index < -0.39 is 11.8 Å². The van der Waals surface area contributed by atoms with Crippen molar-refractivity contribution in [2.75, 3.05) is 31.6 Å². The van der Waals surface area contributed by atoms with E-state index in [0.29, 0.717) is 36.4 Å². The Bertz CT molecular complexity index is 632. The van der Waals surface area contributed by atoms with Gasteiger partial charge in [0.15, 0.2) is 11.5 Å². The molecule has 0 spiro atoms. The van der Waals surface area contributed by atoms with Crippen molar-refractivity contribution >= 4 is 17.5 Å². The maximum absolute atomic E-state index is 12.2. The van der Waals surface area contributed by atoms with Gasteiger partial charge in [-0.25, -0.2) is 0 Å². The van der Waals surface area contributed by atoms with Crippen LogP contribution in [0.5, 0.6) is 11.5 Å². The highest BCUT2D eigenvalue weighted by molar-refractivity contribution is 6.39. The number of hydrogen-bond acceptors (Lipinski definition) is 5. The maximum atomic E-state index is 12.2. The van der Waals surface area contributed by atoms with Crippen LogP contribution in [0, 0.1) is 0 Å². The van der Waals surface area contributed by atoms with Gasteiger partial charge in [-0.05, 0) is 32.4 Å². The summed E-state index contributed by atoms with van der Waals surface area (Å²) in [6.45, 7) is 6.84. The highest BCUT2D eigenvalue weighted by Crippen LogP contribution is 2.37. The van der Waals surface area contributed by atoms with Gasteiger partial charge in [-0.15, -0.1) is 0 Å². The normalized spacial score (nSPS) is 20.0. The van der Waals surface area contributed by atoms with Crippen molar-refractivity contribution in [3.8, 4) is 11.5 Å². The molecule has 2 aliphatic heterocycles. The van der Waals surface area contributed by atoms with Crippen LogP contribution in [0.4, 0.5) is 5.69 Å². The Hall–Kier alpha value is -2.28. The topological polar surface area (TPSA) is 79.9 Å². The molecule has 2 heterocycles. The number of amides is 2. The molecule has 0 radical (unpaired) electrons. The van der Waals surface area contributed by atoms with Gasteiger partial charge >= 0.3 is 11.8 Å². The monoisotopic (exact) mass is 333 g/mol. The minimum Gasteiger partial charge on any atom is -0.486 e. The molecule has 0 bridgehead atoms. The summed E-state index contributed by atoms with van der Waals surface area (Å²) >= 11 is 0. The number of benzene rings is 1. The maximum Gasteiger partial charge on any atom is 0.313 e. The fourth-order valence-corrected chi connectivity index (χ4v) is 2.98. The van der Waals surface area contributed by atoms with E-state index in [0.717, 1.165) is 19.5 Å². The lowest BCUT2D eigenvalue weighted by atomic mass is 10.2. The van der Waals surface area contributed by atoms with Gasteiger partial charge in [-0.2, -0.15) is 0 Å². The Morgan fingerprint density at radius 1 is 1.21 bits per heavy atom. The van der Waals surface area contributed by atoms with Crippen molar-refractivity contribution in [3.05, 3.63) is 18.2 Å². The van der Waals surface area contributed by atoms with Gasteiger partial charge in [0, 0.05) is 25.2 Å². The predicted molar refractivity (Wildman–Crippen MR) is 89.3 cm³/mol. The Morgan fingerprint density at radius 3 is 2.75 bits per heavy atom. The highest BCUT2D eigenvalue weighted by Gasteiger charge is 2.28. The summed E-state index contributed by atoms with van der Waals surface area (Å²) < 4.78 is 11.0. The Kier molecular flexibility index (Phi) is 4.89. The fraction of sp³-hybridized carbons (Fsp3) is 0.529. The van der Waals surface area contributed by atoms with Crippen molar-refractivity contribution in [1.29, 1.82) is 0 Å². The molecule has 0 aromatic heterocycles. The third-order valence-corrected chi connectivity index (χ3v) is 4.31. The van der Waals surface area contributed by atoms with E-state index in [-0.39, 0.29) is 6.04 Å². The number of hydrogen-bond donors (Lipinski definition) is 2. The minimum absolute atomic E-state index is 0.00919. The zero-order chi connectivity index (χ0) is 17.1. The SMILES string of the molecule is CC(C)N1CCC(NC(=O)C(=O)Nc2cccc3c2OCCO3)C1. The number of carbonyl (C=O) groups is 2. The zero-order valence-electron chi connectivity index (χ0n) is 14.0. The van der Waals surface area contributed by atoms with Crippen molar-refractivity contribution in [2.24, 2.45) is 0 Å². The number of fused-ring (bicyclic) bond motifs is 1. The summed E-state index contributed by atoms with van der Waals surface area (Å²) in [6, 6.07) is 5.65. The van der Waals surface area contributed by atoms with Crippen LogP contribution in [0.25, 0.3) is 0 Å². The summed E-state index contributed by atoms with van der Waals surface area (Å²) in [4.78, 5) is 26.6. The molecule has 130 valence electrons. The van der Waals surface area contributed by atoms with Crippen LogP contribution in [-0.2, 0) is 9.59 Å². The first-order valence-corrected chi connectivity index (χ1v) is 8.29. The largest absolute Gasteiger partial charge is 0.486 e. The second-order valence-electron chi connectivity index (χ2n) is 6.33.